The van der Waals surface area contributed by atoms with E-state index in [2.05, 4.69) is 60.6 Å². The smallest absolute Gasteiger partial charge is 0.258 e. The molecule has 1 aromatic heterocycles. The number of carbonyl (C=O) groups excluding carboxylic acids is 1. The minimum atomic E-state index is -0.169. The highest BCUT2D eigenvalue weighted by atomic mass is 35.5. The standard InChI is InChI=1S/C26H30Cl2N4O2/c1-26(2,3)19-9-6-18(7-10-19)16-32(13-12-17-8-11-21(27)22(28)14-17)25(33)20-15-23(34-5)30-31-24(20)29-4/h6-11,14-15H,12-13,16H2,1-5H3,(H,29,31). The summed E-state index contributed by atoms with van der Waals surface area (Å²) in [5.41, 5.74) is 3.73. The second kappa shape index (κ2) is 11.1. The molecule has 1 heterocycles. The first-order valence-electron chi connectivity index (χ1n) is 11.0. The molecule has 2 aromatic carbocycles. The van der Waals surface area contributed by atoms with Crippen molar-refractivity contribution in [2.45, 2.75) is 39.2 Å². The van der Waals surface area contributed by atoms with Gasteiger partial charge in [-0.2, -0.15) is 0 Å². The summed E-state index contributed by atoms with van der Waals surface area (Å²) >= 11 is 12.3. The van der Waals surface area contributed by atoms with E-state index in [4.69, 9.17) is 27.9 Å². The van der Waals surface area contributed by atoms with Gasteiger partial charge in [-0.3, -0.25) is 4.79 Å². The first kappa shape index (κ1) is 25.8. The maximum atomic E-state index is 13.7. The van der Waals surface area contributed by atoms with Crippen molar-refractivity contribution >= 4 is 34.9 Å². The normalized spacial score (nSPS) is 11.3. The maximum Gasteiger partial charge on any atom is 0.258 e. The van der Waals surface area contributed by atoms with E-state index in [1.54, 1.807) is 24.1 Å². The zero-order chi connectivity index (χ0) is 24.9. The van der Waals surface area contributed by atoms with Crippen molar-refractivity contribution in [3.63, 3.8) is 0 Å². The van der Waals surface area contributed by atoms with E-state index in [0.717, 1.165) is 11.1 Å². The van der Waals surface area contributed by atoms with E-state index in [1.165, 1.54) is 12.7 Å². The summed E-state index contributed by atoms with van der Waals surface area (Å²) < 4.78 is 5.20. The van der Waals surface area contributed by atoms with Crippen LogP contribution in [0, 0.1) is 0 Å². The van der Waals surface area contributed by atoms with Crippen molar-refractivity contribution in [1.82, 2.24) is 15.1 Å². The van der Waals surface area contributed by atoms with Crippen LogP contribution in [0.2, 0.25) is 10.0 Å². The van der Waals surface area contributed by atoms with Crippen LogP contribution in [0.15, 0.2) is 48.5 Å². The highest BCUT2D eigenvalue weighted by Crippen LogP contribution is 2.25. The van der Waals surface area contributed by atoms with Gasteiger partial charge in [-0.15, -0.1) is 10.2 Å². The highest BCUT2D eigenvalue weighted by Gasteiger charge is 2.22. The van der Waals surface area contributed by atoms with Crippen LogP contribution in [0.5, 0.6) is 5.88 Å². The Morgan fingerprint density at radius 3 is 2.26 bits per heavy atom. The van der Waals surface area contributed by atoms with Gasteiger partial charge in [-0.25, -0.2) is 0 Å². The SMILES string of the molecule is CNc1nnc(OC)cc1C(=O)N(CCc1ccc(Cl)c(Cl)c1)Cc1ccc(C(C)(C)C)cc1. The van der Waals surface area contributed by atoms with Gasteiger partial charge in [0.1, 0.15) is 0 Å². The number of benzene rings is 2. The molecule has 1 N–H and O–H groups in total. The van der Waals surface area contributed by atoms with Gasteiger partial charge in [-0.1, -0.05) is 74.3 Å². The van der Waals surface area contributed by atoms with Crippen LogP contribution in [-0.2, 0) is 18.4 Å². The molecule has 34 heavy (non-hydrogen) atoms. The molecular formula is C26H30Cl2N4O2. The lowest BCUT2D eigenvalue weighted by molar-refractivity contribution is 0.0745. The Morgan fingerprint density at radius 2 is 1.68 bits per heavy atom. The maximum absolute atomic E-state index is 13.7. The third kappa shape index (κ3) is 6.39. The summed E-state index contributed by atoms with van der Waals surface area (Å²) in [5.74, 6) is 0.507. The molecule has 1 amide bonds. The van der Waals surface area contributed by atoms with E-state index in [9.17, 15) is 4.79 Å². The number of ether oxygens (including phenoxy) is 1. The number of aromatic nitrogens is 2. The number of amides is 1. The van der Waals surface area contributed by atoms with Gasteiger partial charge in [0.15, 0.2) is 5.82 Å². The predicted molar refractivity (Wildman–Crippen MR) is 138 cm³/mol. The van der Waals surface area contributed by atoms with Crippen LogP contribution in [0.1, 0.15) is 47.8 Å². The number of methoxy groups -OCH3 is 1. The fourth-order valence-electron chi connectivity index (χ4n) is 3.53. The molecule has 0 radical (unpaired) electrons. The van der Waals surface area contributed by atoms with E-state index in [-0.39, 0.29) is 17.2 Å². The molecule has 0 saturated carbocycles. The lowest BCUT2D eigenvalue weighted by Gasteiger charge is -2.25. The van der Waals surface area contributed by atoms with Gasteiger partial charge in [0.05, 0.1) is 22.7 Å². The number of nitrogens with zero attached hydrogens (tertiary/aromatic N) is 3. The van der Waals surface area contributed by atoms with Crippen molar-refractivity contribution in [1.29, 1.82) is 0 Å². The fraction of sp³-hybridized carbons (Fsp3) is 0.346. The molecule has 0 fully saturated rings. The van der Waals surface area contributed by atoms with Crippen molar-refractivity contribution in [3.05, 3.63) is 80.8 Å². The van der Waals surface area contributed by atoms with Gasteiger partial charge in [-0.05, 0) is 40.7 Å². The van der Waals surface area contributed by atoms with Crippen LogP contribution in [0.3, 0.4) is 0 Å². The van der Waals surface area contributed by atoms with Gasteiger partial charge in [0.25, 0.3) is 5.91 Å². The van der Waals surface area contributed by atoms with Crippen molar-refractivity contribution in [3.8, 4) is 5.88 Å². The van der Waals surface area contributed by atoms with Crippen molar-refractivity contribution in [2.24, 2.45) is 0 Å². The monoisotopic (exact) mass is 500 g/mol. The number of halogens is 2. The van der Waals surface area contributed by atoms with Gasteiger partial charge in [0.2, 0.25) is 5.88 Å². The summed E-state index contributed by atoms with van der Waals surface area (Å²) in [6, 6.07) is 15.5. The molecule has 3 aromatic rings. The molecule has 0 spiro atoms. The van der Waals surface area contributed by atoms with E-state index in [0.29, 0.717) is 40.9 Å². The average molecular weight is 501 g/mol. The van der Waals surface area contributed by atoms with Gasteiger partial charge < -0.3 is 15.0 Å². The molecule has 0 aliphatic carbocycles. The molecule has 0 aliphatic heterocycles. The van der Waals surface area contributed by atoms with Crippen molar-refractivity contribution in [2.75, 3.05) is 26.0 Å². The minimum Gasteiger partial charge on any atom is -0.480 e. The molecule has 0 atom stereocenters. The molecular weight excluding hydrogens is 471 g/mol. The first-order chi connectivity index (χ1) is 16.1. The predicted octanol–water partition coefficient (Wildman–Crippen LogP) is 6.02. The zero-order valence-corrected chi connectivity index (χ0v) is 21.7. The summed E-state index contributed by atoms with van der Waals surface area (Å²) in [6.45, 7) is 7.46. The quantitative estimate of drug-likeness (QED) is 0.409. The van der Waals surface area contributed by atoms with Gasteiger partial charge >= 0.3 is 0 Å². The zero-order valence-electron chi connectivity index (χ0n) is 20.2. The number of carbonyl (C=O) groups is 1. The Bertz CT molecular complexity index is 1140. The molecule has 3 rings (SSSR count). The minimum absolute atomic E-state index is 0.0584. The van der Waals surface area contributed by atoms with E-state index >= 15 is 0 Å². The largest absolute Gasteiger partial charge is 0.480 e. The third-order valence-electron chi connectivity index (χ3n) is 5.58. The van der Waals surface area contributed by atoms with Crippen LogP contribution < -0.4 is 10.1 Å². The molecule has 0 saturated heterocycles. The van der Waals surface area contributed by atoms with Crippen LogP contribution in [-0.4, -0.2) is 41.7 Å². The summed E-state index contributed by atoms with van der Waals surface area (Å²) in [5, 5.41) is 12.0. The van der Waals surface area contributed by atoms with Crippen LogP contribution in [0.25, 0.3) is 0 Å². The second-order valence-corrected chi connectivity index (χ2v) is 9.89. The number of nitrogens with one attached hydrogen (secondary N) is 1. The van der Waals surface area contributed by atoms with Crippen LogP contribution >= 0.6 is 23.2 Å². The number of rotatable bonds is 8. The molecule has 0 aliphatic rings. The summed E-state index contributed by atoms with van der Waals surface area (Å²) in [4.78, 5) is 15.5. The molecule has 8 heteroatoms. The Kier molecular flexibility index (Phi) is 8.39. The summed E-state index contributed by atoms with van der Waals surface area (Å²) in [7, 11) is 3.20. The molecule has 180 valence electrons. The average Bonchev–Trinajstić information content (AvgIpc) is 2.82. The number of hydrogen-bond donors (Lipinski definition) is 1. The third-order valence-corrected chi connectivity index (χ3v) is 6.32. The highest BCUT2D eigenvalue weighted by molar-refractivity contribution is 6.42. The molecule has 6 nitrogen and oxygen atoms in total. The van der Waals surface area contributed by atoms with E-state index < -0.39 is 0 Å². The number of anilines is 1. The Balaban J connectivity index is 1.90. The lowest BCUT2D eigenvalue weighted by atomic mass is 9.87. The van der Waals surface area contributed by atoms with Gasteiger partial charge in [0, 0.05) is 26.2 Å². The first-order valence-corrected chi connectivity index (χ1v) is 11.8. The lowest BCUT2D eigenvalue weighted by Crippen LogP contribution is -2.33. The van der Waals surface area contributed by atoms with Crippen molar-refractivity contribution < 1.29 is 9.53 Å². The summed E-state index contributed by atoms with van der Waals surface area (Å²) in [6.07, 6.45) is 0.618. The number of hydrogen-bond acceptors (Lipinski definition) is 5. The second-order valence-electron chi connectivity index (χ2n) is 9.07. The Hall–Kier alpha value is -2.83. The topological polar surface area (TPSA) is 67.4 Å². The van der Waals surface area contributed by atoms with E-state index in [1.807, 2.05) is 12.1 Å². The Morgan fingerprint density at radius 1 is 1.00 bits per heavy atom. The van der Waals surface area contributed by atoms with Crippen LogP contribution in [0.4, 0.5) is 5.82 Å². The molecule has 0 unspecified atom stereocenters. The fourth-order valence-corrected chi connectivity index (χ4v) is 3.85. The molecule has 0 bridgehead atoms. The Labute approximate surface area is 211 Å².